The first-order valence-corrected chi connectivity index (χ1v) is 6.55. The van der Waals surface area contributed by atoms with Crippen molar-refractivity contribution in [3.05, 3.63) is 24.0 Å². The Kier molecular flexibility index (Phi) is 5.61. The highest BCUT2D eigenvalue weighted by atomic mass is 14.9. The third-order valence-corrected chi connectivity index (χ3v) is 3.14. The highest BCUT2D eigenvalue weighted by Gasteiger charge is 2.05. The summed E-state index contributed by atoms with van der Waals surface area (Å²) in [6.45, 7) is 7.85. The van der Waals surface area contributed by atoms with Gasteiger partial charge in [-0.3, -0.25) is 0 Å². The van der Waals surface area contributed by atoms with Crippen LogP contribution in [0.5, 0.6) is 0 Å². The van der Waals surface area contributed by atoms with E-state index in [1.54, 1.807) is 0 Å². The highest BCUT2D eigenvalue weighted by molar-refractivity contribution is 5.11. The molecule has 0 aliphatic carbocycles. The Bertz CT molecular complexity index is 291. The van der Waals surface area contributed by atoms with Gasteiger partial charge in [-0.2, -0.15) is 0 Å². The van der Waals surface area contributed by atoms with Crippen LogP contribution in [0.15, 0.2) is 18.5 Å². The zero-order chi connectivity index (χ0) is 12.0. The monoisotopic (exact) mass is 222 g/mol. The van der Waals surface area contributed by atoms with Crippen LogP contribution in [0.4, 0.5) is 0 Å². The zero-order valence-electron chi connectivity index (χ0n) is 10.9. The molecule has 0 bridgehead atoms. The molecule has 0 saturated carbocycles. The Hall–Kier alpha value is -0.760. The van der Waals surface area contributed by atoms with Crippen LogP contribution in [-0.4, -0.2) is 10.6 Å². The highest BCUT2D eigenvalue weighted by Crippen LogP contribution is 2.11. The predicted molar refractivity (Wildman–Crippen MR) is 70.5 cm³/mol. The molecule has 0 aliphatic heterocycles. The first-order chi connectivity index (χ1) is 7.65. The normalized spacial score (nSPS) is 15.0. The lowest BCUT2D eigenvalue weighted by molar-refractivity contribution is 0.446. The molecule has 2 nitrogen and oxygen atoms in total. The molecule has 1 heterocycles. The third-order valence-electron chi connectivity index (χ3n) is 3.14. The second-order valence-electron chi connectivity index (χ2n) is 4.98. The van der Waals surface area contributed by atoms with E-state index in [2.05, 4.69) is 43.8 Å². The van der Waals surface area contributed by atoms with E-state index in [9.17, 15) is 0 Å². The molecule has 0 spiro atoms. The standard InChI is InChI=1S/C14H26N2/c1-4-6-12(3)10-16-8-7-13(11-16)9-14(15)5-2/h7-8,11-12,14H,4-6,9-10,15H2,1-3H3. The molecule has 2 unspecified atom stereocenters. The fraction of sp³-hybridized carbons (Fsp3) is 0.714. The molecule has 2 atom stereocenters. The number of rotatable bonds is 7. The second kappa shape index (κ2) is 6.74. The maximum absolute atomic E-state index is 5.95. The van der Waals surface area contributed by atoms with Crippen LogP contribution in [0.2, 0.25) is 0 Å². The average Bonchev–Trinajstić information content (AvgIpc) is 2.65. The van der Waals surface area contributed by atoms with Crippen molar-refractivity contribution < 1.29 is 0 Å². The van der Waals surface area contributed by atoms with Gasteiger partial charge >= 0.3 is 0 Å². The van der Waals surface area contributed by atoms with Crippen LogP contribution in [-0.2, 0) is 13.0 Å². The van der Waals surface area contributed by atoms with E-state index in [0.717, 1.165) is 25.3 Å². The quantitative estimate of drug-likeness (QED) is 0.754. The number of aromatic nitrogens is 1. The summed E-state index contributed by atoms with van der Waals surface area (Å²) in [5.74, 6) is 0.769. The summed E-state index contributed by atoms with van der Waals surface area (Å²) in [5.41, 5.74) is 7.33. The lowest BCUT2D eigenvalue weighted by Gasteiger charge is -2.11. The maximum Gasteiger partial charge on any atom is 0.0245 e. The Labute approximate surface area is 99.8 Å². The van der Waals surface area contributed by atoms with Gasteiger partial charge in [0.1, 0.15) is 0 Å². The fourth-order valence-corrected chi connectivity index (χ4v) is 2.12. The van der Waals surface area contributed by atoms with Crippen molar-refractivity contribution in [1.29, 1.82) is 0 Å². The summed E-state index contributed by atoms with van der Waals surface area (Å²) >= 11 is 0. The molecule has 1 aromatic rings. The van der Waals surface area contributed by atoms with Crippen LogP contribution in [0.25, 0.3) is 0 Å². The summed E-state index contributed by atoms with van der Waals surface area (Å²) in [4.78, 5) is 0. The van der Waals surface area contributed by atoms with Gasteiger partial charge in [-0.15, -0.1) is 0 Å². The average molecular weight is 222 g/mol. The Morgan fingerprint density at radius 2 is 2.12 bits per heavy atom. The lowest BCUT2D eigenvalue weighted by atomic mass is 10.1. The first-order valence-electron chi connectivity index (χ1n) is 6.55. The molecule has 92 valence electrons. The lowest BCUT2D eigenvalue weighted by Crippen LogP contribution is -2.21. The van der Waals surface area contributed by atoms with E-state index in [1.165, 1.54) is 18.4 Å². The van der Waals surface area contributed by atoms with Gasteiger partial charge < -0.3 is 10.3 Å². The van der Waals surface area contributed by atoms with Crippen molar-refractivity contribution in [2.45, 2.75) is 59.0 Å². The van der Waals surface area contributed by atoms with E-state index in [-0.39, 0.29) is 0 Å². The van der Waals surface area contributed by atoms with Gasteiger partial charge in [-0.25, -0.2) is 0 Å². The second-order valence-corrected chi connectivity index (χ2v) is 4.98. The van der Waals surface area contributed by atoms with Crippen molar-refractivity contribution in [1.82, 2.24) is 4.57 Å². The third kappa shape index (κ3) is 4.40. The molecule has 0 amide bonds. The van der Waals surface area contributed by atoms with Gasteiger partial charge in [0.15, 0.2) is 0 Å². The number of hydrogen-bond acceptors (Lipinski definition) is 1. The van der Waals surface area contributed by atoms with Crippen LogP contribution < -0.4 is 5.73 Å². The van der Waals surface area contributed by atoms with Crippen LogP contribution in [0.1, 0.15) is 45.6 Å². The molecule has 0 fully saturated rings. The first kappa shape index (κ1) is 13.3. The van der Waals surface area contributed by atoms with E-state index in [1.807, 2.05) is 0 Å². The van der Waals surface area contributed by atoms with Crippen molar-refractivity contribution in [3.8, 4) is 0 Å². The number of hydrogen-bond donors (Lipinski definition) is 1. The number of nitrogens with two attached hydrogens (primary N) is 1. The van der Waals surface area contributed by atoms with Crippen LogP contribution >= 0.6 is 0 Å². The van der Waals surface area contributed by atoms with Crippen molar-refractivity contribution in [3.63, 3.8) is 0 Å². The van der Waals surface area contributed by atoms with E-state index in [4.69, 9.17) is 5.73 Å². The SMILES string of the molecule is CCCC(C)Cn1ccc(CC(N)CC)c1. The Morgan fingerprint density at radius 1 is 1.38 bits per heavy atom. The molecule has 0 saturated heterocycles. The van der Waals surface area contributed by atoms with Crippen LogP contribution in [0, 0.1) is 5.92 Å². The summed E-state index contributed by atoms with van der Waals surface area (Å²) in [6, 6.07) is 2.51. The Balaban J connectivity index is 2.44. The van der Waals surface area contributed by atoms with E-state index in [0.29, 0.717) is 6.04 Å². The van der Waals surface area contributed by atoms with Crippen molar-refractivity contribution in [2.75, 3.05) is 0 Å². The molecule has 1 rings (SSSR count). The minimum absolute atomic E-state index is 0.309. The summed E-state index contributed by atoms with van der Waals surface area (Å²) < 4.78 is 2.30. The maximum atomic E-state index is 5.95. The molecular formula is C14H26N2. The Morgan fingerprint density at radius 3 is 2.75 bits per heavy atom. The molecule has 0 radical (unpaired) electrons. The molecular weight excluding hydrogens is 196 g/mol. The van der Waals surface area contributed by atoms with E-state index >= 15 is 0 Å². The topological polar surface area (TPSA) is 30.9 Å². The molecule has 1 aromatic heterocycles. The minimum atomic E-state index is 0.309. The van der Waals surface area contributed by atoms with Gasteiger partial charge in [-0.1, -0.05) is 27.2 Å². The van der Waals surface area contributed by atoms with E-state index < -0.39 is 0 Å². The zero-order valence-corrected chi connectivity index (χ0v) is 10.9. The molecule has 2 N–H and O–H groups in total. The summed E-state index contributed by atoms with van der Waals surface area (Å²) in [5, 5.41) is 0. The smallest absolute Gasteiger partial charge is 0.0245 e. The molecule has 2 heteroatoms. The van der Waals surface area contributed by atoms with Crippen LogP contribution in [0.3, 0.4) is 0 Å². The fourth-order valence-electron chi connectivity index (χ4n) is 2.12. The van der Waals surface area contributed by atoms with Gasteiger partial charge in [-0.05, 0) is 36.8 Å². The van der Waals surface area contributed by atoms with Crippen molar-refractivity contribution in [2.24, 2.45) is 11.7 Å². The van der Waals surface area contributed by atoms with Gasteiger partial charge in [0.05, 0.1) is 0 Å². The number of nitrogens with zero attached hydrogens (tertiary/aromatic N) is 1. The predicted octanol–water partition coefficient (Wildman–Crippen LogP) is 3.20. The van der Waals surface area contributed by atoms with Gasteiger partial charge in [0, 0.05) is 25.0 Å². The van der Waals surface area contributed by atoms with Gasteiger partial charge in [0.2, 0.25) is 0 Å². The van der Waals surface area contributed by atoms with Crippen molar-refractivity contribution >= 4 is 0 Å². The summed E-state index contributed by atoms with van der Waals surface area (Å²) in [7, 11) is 0. The minimum Gasteiger partial charge on any atom is -0.354 e. The largest absolute Gasteiger partial charge is 0.354 e. The molecule has 0 aliphatic rings. The molecule has 16 heavy (non-hydrogen) atoms. The molecule has 0 aromatic carbocycles. The summed E-state index contributed by atoms with van der Waals surface area (Å²) in [6.07, 6.45) is 9.08. The van der Waals surface area contributed by atoms with Gasteiger partial charge in [0.25, 0.3) is 0 Å².